The monoisotopic (exact) mass is 218 g/mol. The fourth-order valence-corrected chi connectivity index (χ4v) is 1.49. The van der Waals surface area contributed by atoms with Crippen LogP contribution in [0.4, 0.5) is 8.78 Å². The van der Waals surface area contributed by atoms with Crippen molar-refractivity contribution in [1.82, 2.24) is 0 Å². The Kier molecular flexibility index (Phi) is 3.87. The highest BCUT2D eigenvalue weighted by atomic mass is 35.5. The summed E-state index contributed by atoms with van der Waals surface area (Å²) in [6.07, 6.45) is 0.465. The smallest absolute Gasteiger partial charge is 0.201 e. The van der Waals surface area contributed by atoms with E-state index in [2.05, 4.69) is 0 Å². The van der Waals surface area contributed by atoms with Crippen LogP contribution in [-0.2, 0) is 12.3 Å². The Bertz CT molecular complexity index is 297. The summed E-state index contributed by atoms with van der Waals surface area (Å²) < 4.78 is 26.5. The maximum atomic E-state index is 13.3. The van der Waals surface area contributed by atoms with Gasteiger partial charge in [-0.25, -0.2) is 8.78 Å². The molecule has 1 aromatic rings. The molecule has 0 aliphatic carbocycles. The lowest BCUT2D eigenvalue weighted by atomic mass is 10.0. The zero-order valence-corrected chi connectivity index (χ0v) is 8.82. The average molecular weight is 219 g/mol. The molecule has 0 nitrogen and oxygen atoms in total. The second-order valence-electron chi connectivity index (χ2n) is 3.20. The Morgan fingerprint density at radius 2 is 2.07 bits per heavy atom. The van der Waals surface area contributed by atoms with Gasteiger partial charge in [0, 0.05) is 17.9 Å². The van der Waals surface area contributed by atoms with E-state index in [1.165, 1.54) is 19.1 Å². The van der Waals surface area contributed by atoms with Crippen LogP contribution in [0.2, 0.25) is 0 Å². The maximum absolute atomic E-state index is 13.3. The number of alkyl halides is 3. The van der Waals surface area contributed by atoms with Gasteiger partial charge in [-0.15, -0.1) is 11.6 Å². The molecule has 0 heterocycles. The molecule has 0 atom stereocenters. The Labute approximate surface area is 87.9 Å². The number of hydrogen-bond acceptors (Lipinski definition) is 0. The SMILES string of the molecule is CCC(F)(F)c1cccc(CCCl)c1. The van der Waals surface area contributed by atoms with Crippen molar-refractivity contribution in [3.05, 3.63) is 35.4 Å². The van der Waals surface area contributed by atoms with Gasteiger partial charge in [0.2, 0.25) is 0 Å². The quantitative estimate of drug-likeness (QED) is 0.671. The molecule has 0 amide bonds. The Hall–Kier alpha value is -0.630. The summed E-state index contributed by atoms with van der Waals surface area (Å²) in [7, 11) is 0. The summed E-state index contributed by atoms with van der Waals surface area (Å²) >= 11 is 5.55. The predicted molar refractivity (Wildman–Crippen MR) is 55.1 cm³/mol. The fourth-order valence-electron chi connectivity index (χ4n) is 1.27. The van der Waals surface area contributed by atoms with Crippen LogP contribution in [0.15, 0.2) is 24.3 Å². The van der Waals surface area contributed by atoms with Crippen molar-refractivity contribution in [3.8, 4) is 0 Å². The highest BCUT2D eigenvalue weighted by molar-refractivity contribution is 6.17. The molecule has 0 spiro atoms. The topological polar surface area (TPSA) is 0 Å². The van der Waals surface area contributed by atoms with Crippen molar-refractivity contribution >= 4 is 11.6 Å². The molecule has 78 valence electrons. The minimum absolute atomic E-state index is 0.0858. The first-order valence-electron chi connectivity index (χ1n) is 4.63. The third-order valence-electron chi connectivity index (χ3n) is 2.18. The highest BCUT2D eigenvalue weighted by Gasteiger charge is 2.28. The van der Waals surface area contributed by atoms with Crippen molar-refractivity contribution in [2.24, 2.45) is 0 Å². The number of halogens is 3. The second-order valence-corrected chi connectivity index (χ2v) is 3.58. The molecule has 0 bridgehead atoms. The van der Waals surface area contributed by atoms with Gasteiger partial charge < -0.3 is 0 Å². The van der Waals surface area contributed by atoms with Gasteiger partial charge in [0.05, 0.1) is 0 Å². The molecule has 0 unspecified atom stereocenters. The number of aryl methyl sites for hydroxylation is 1. The van der Waals surface area contributed by atoms with Gasteiger partial charge in [0.15, 0.2) is 0 Å². The van der Waals surface area contributed by atoms with Gasteiger partial charge in [-0.05, 0) is 18.1 Å². The van der Waals surface area contributed by atoms with Crippen molar-refractivity contribution in [2.75, 3.05) is 5.88 Å². The van der Waals surface area contributed by atoms with Crippen molar-refractivity contribution in [3.63, 3.8) is 0 Å². The molecule has 14 heavy (non-hydrogen) atoms. The number of benzene rings is 1. The van der Waals surface area contributed by atoms with E-state index in [4.69, 9.17) is 11.6 Å². The summed E-state index contributed by atoms with van der Waals surface area (Å²) in [6, 6.07) is 6.46. The van der Waals surface area contributed by atoms with E-state index in [-0.39, 0.29) is 12.0 Å². The van der Waals surface area contributed by atoms with E-state index in [1.54, 1.807) is 6.07 Å². The van der Waals surface area contributed by atoms with Crippen molar-refractivity contribution in [2.45, 2.75) is 25.7 Å². The van der Waals surface area contributed by atoms with Crippen LogP contribution in [-0.4, -0.2) is 5.88 Å². The molecule has 0 fully saturated rings. The van der Waals surface area contributed by atoms with Crippen LogP contribution in [0.1, 0.15) is 24.5 Å². The largest absolute Gasteiger partial charge is 0.273 e. The van der Waals surface area contributed by atoms with Crippen LogP contribution < -0.4 is 0 Å². The zero-order chi connectivity index (χ0) is 10.6. The average Bonchev–Trinajstić information content (AvgIpc) is 2.19. The van der Waals surface area contributed by atoms with Crippen LogP contribution in [0.3, 0.4) is 0 Å². The molecule has 1 rings (SSSR count). The van der Waals surface area contributed by atoms with Crippen molar-refractivity contribution < 1.29 is 8.78 Å². The van der Waals surface area contributed by atoms with E-state index in [0.29, 0.717) is 12.3 Å². The van der Waals surface area contributed by atoms with Crippen LogP contribution in [0, 0.1) is 0 Å². The summed E-state index contributed by atoms with van der Waals surface area (Å²) in [6.45, 7) is 1.48. The highest BCUT2D eigenvalue weighted by Crippen LogP contribution is 2.31. The molecule has 0 radical (unpaired) electrons. The van der Waals surface area contributed by atoms with Gasteiger partial charge >= 0.3 is 0 Å². The number of rotatable bonds is 4. The first kappa shape index (κ1) is 11.4. The van der Waals surface area contributed by atoms with Crippen molar-refractivity contribution in [1.29, 1.82) is 0 Å². The Balaban J connectivity index is 2.93. The zero-order valence-electron chi connectivity index (χ0n) is 8.06. The lowest BCUT2D eigenvalue weighted by Gasteiger charge is -2.14. The van der Waals surface area contributed by atoms with Gasteiger partial charge in [0.25, 0.3) is 5.92 Å². The summed E-state index contributed by atoms with van der Waals surface area (Å²) in [5.74, 6) is -2.26. The van der Waals surface area contributed by atoms with Gasteiger partial charge in [0.1, 0.15) is 0 Å². The van der Waals surface area contributed by atoms with E-state index in [9.17, 15) is 8.78 Å². The third kappa shape index (κ3) is 2.68. The Morgan fingerprint density at radius 3 is 2.64 bits per heavy atom. The van der Waals surface area contributed by atoms with Crippen LogP contribution in [0.25, 0.3) is 0 Å². The molecule has 0 aliphatic heterocycles. The van der Waals surface area contributed by atoms with E-state index < -0.39 is 5.92 Å². The molecule has 1 aromatic carbocycles. The summed E-state index contributed by atoms with van der Waals surface area (Å²) in [4.78, 5) is 0. The lowest BCUT2D eigenvalue weighted by Crippen LogP contribution is -2.11. The fraction of sp³-hybridized carbons (Fsp3) is 0.455. The summed E-state index contributed by atoms with van der Waals surface area (Å²) in [5, 5.41) is 0. The molecule has 0 saturated heterocycles. The van der Waals surface area contributed by atoms with Gasteiger partial charge in [-0.2, -0.15) is 0 Å². The summed E-state index contributed by atoms with van der Waals surface area (Å²) in [5.41, 5.74) is 0.952. The van der Waals surface area contributed by atoms with Gasteiger partial charge in [-0.1, -0.05) is 25.1 Å². The molecule has 0 saturated carbocycles. The third-order valence-corrected chi connectivity index (χ3v) is 2.37. The molecule has 0 N–H and O–H groups in total. The first-order valence-corrected chi connectivity index (χ1v) is 5.17. The molecule has 0 aromatic heterocycles. The number of hydrogen-bond donors (Lipinski definition) is 0. The van der Waals surface area contributed by atoms with Crippen LogP contribution >= 0.6 is 11.6 Å². The normalized spacial score (nSPS) is 11.7. The van der Waals surface area contributed by atoms with Crippen LogP contribution in [0.5, 0.6) is 0 Å². The molecular formula is C11H13ClF2. The molecule has 0 aliphatic rings. The first-order chi connectivity index (χ1) is 6.60. The van der Waals surface area contributed by atoms with E-state index in [0.717, 1.165) is 5.56 Å². The minimum atomic E-state index is -2.72. The lowest BCUT2D eigenvalue weighted by molar-refractivity contribution is -0.00835. The minimum Gasteiger partial charge on any atom is -0.201 e. The van der Waals surface area contributed by atoms with E-state index in [1.807, 2.05) is 6.07 Å². The maximum Gasteiger partial charge on any atom is 0.273 e. The van der Waals surface area contributed by atoms with Gasteiger partial charge in [-0.3, -0.25) is 0 Å². The molecular weight excluding hydrogens is 206 g/mol. The standard InChI is InChI=1S/C11H13ClF2/c1-2-11(13,14)10-5-3-4-9(8-10)6-7-12/h3-5,8H,2,6-7H2,1H3. The van der Waals surface area contributed by atoms with E-state index >= 15 is 0 Å². The molecule has 3 heteroatoms. The predicted octanol–water partition coefficient (Wildman–Crippen LogP) is 3.97. The Morgan fingerprint density at radius 1 is 1.36 bits per heavy atom. The second kappa shape index (κ2) is 4.74.